The van der Waals surface area contributed by atoms with Crippen LogP contribution in [0, 0.1) is 0 Å². The minimum atomic E-state index is 0.986. The summed E-state index contributed by atoms with van der Waals surface area (Å²) in [6.45, 7) is 4.18. The maximum absolute atomic E-state index is 4.41. The van der Waals surface area contributed by atoms with Crippen LogP contribution in [0.15, 0.2) is 6.33 Å². The van der Waals surface area contributed by atoms with E-state index in [1.165, 1.54) is 26.4 Å². The van der Waals surface area contributed by atoms with E-state index in [9.17, 15) is 0 Å². The van der Waals surface area contributed by atoms with Crippen LogP contribution in [0.25, 0.3) is 10.2 Å². The van der Waals surface area contributed by atoms with Gasteiger partial charge in [0, 0.05) is 23.4 Å². The van der Waals surface area contributed by atoms with Crippen molar-refractivity contribution in [1.82, 2.24) is 15.3 Å². The Kier molecular flexibility index (Phi) is 2.18. The first-order chi connectivity index (χ1) is 7.40. The van der Waals surface area contributed by atoms with E-state index in [4.69, 9.17) is 0 Å². The molecule has 0 saturated heterocycles. The first-order valence-electron chi connectivity index (χ1n) is 5.35. The van der Waals surface area contributed by atoms with E-state index in [0.717, 1.165) is 25.9 Å². The summed E-state index contributed by atoms with van der Waals surface area (Å²) in [5.41, 5.74) is 2.67. The number of hydrogen-bond acceptors (Lipinski definition) is 4. The first-order valence-corrected chi connectivity index (χ1v) is 6.16. The summed E-state index contributed by atoms with van der Waals surface area (Å²) >= 11 is 1.81. The van der Waals surface area contributed by atoms with Gasteiger partial charge in [-0.05, 0) is 12.0 Å². The van der Waals surface area contributed by atoms with E-state index in [0.29, 0.717) is 0 Å². The second-order valence-electron chi connectivity index (χ2n) is 3.86. The van der Waals surface area contributed by atoms with Crippen molar-refractivity contribution in [3.05, 3.63) is 22.5 Å². The van der Waals surface area contributed by atoms with Gasteiger partial charge in [-0.1, -0.05) is 13.3 Å². The summed E-state index contributed by atoms with van der Waals surface area (Å²) in [4.78, 5) is 11.4. The summed E-state index contributed by atoms with van der Waals surface area (Å²) in [6.07, 6.45) is 3.90. The Hall–Kier alpha value is -1.00. The zero-order valence-corrected chi connectivity index (χ0v) is 9.52. The Balaban J connectivity index is 2.27. The summed E-state index contributed by atoms with van der Waals surface area (Å²) in [5.74, 6) is 0. The third kappa shape index (κ3) is 1.36. The number of fused-ring (bicyclic) bond motifs is 3. The third-order valence-corrected chi connectivity index (χ3v) is 3.96. The van der Waals surface area contributed by atoms with Crippen LogP contribution in [-0.4, -0.2) is 9.97 Å². The van der Waals surface area contributed by atoms with Crippen molar-refractivity contribution in [2.24, 2.45) is 0 Å². The molecule has 1 aliphatic heterocycles. The summed E-state index contributed by atoms with van der Waals surface area (Å²) < 4.78 is 0. The molecule has 0 spiro atoms. The van der Waals surface area contributed by atoms with E-state index in [1.807, 2.05) is 11.3 Å². The number of aryl methyl sites for hydroxylation is 1. The second-order valence-corrected chi connectivity index (χ2v) is 4.94. The van der Waals surface area contributed by atoms with Crippen LogP contribution in [-0.2, 0) is 19.5 Å². The van der Waals surface area contributed by atoms with Crippen molar-refractivity contribution in [3.63, 3.8) is 0 Å². The maximum Gasteiger partial charge on any atom is 0.127 e. The van der Waals surface area contributed by atoms with Crippen LogP contribution in [0.5, 0.6) is 0 Å². The summed E-state index contributed by atoms with van der Waals surface area (Å²) in [7, 11) is 0. The number of nitrogens with one attached hydrogen (secondary N) is 1. The Morgan fingerprint density at radius 3 is 3.20 bits per heavy atom. The molecule has 2 aromatic rings. The number of hydrogen-bond donors (Lipinski definition) is 1. The van der Waals surface area contributed by atoms with Gasteiger partial charge in [0.1, 0.15) is 11.2 Å². The Bertz CT molecular complexity index is 504. The van der Waals surface area contributed by atoms with Crippen LogP contribution < -0.4 is 5.32 Å². The van der Waals surface area contributed by atoms with E-state index in [1.54, 1.807) is 6.33 Å². The fourth-order valence-electron chi connectivity index (χ4n) is 2.16. The fraction of sp³-hybridized carbons (Fsp3) is 0.455. The molecule has 78 valence electrons. The molecule has 0 saturated carbocycles. The van der Waals surface area contributed by atoms with E-state index < -0.39 is 0 Å². The molecule has 0 atom stereocenters. The molecule has 0 amide bonds. The predicted octanol–water partition coefficient (Wildman–Crippen LogP) is 2.25. The highest BCUT2D eigenvalue weighted by molar-refractivity contribution is 7.18. The lowest BCUT2D eigenvalue weighted by molar-refractivity contribution is 0.768. The first kappa shape index (κ1) is 9.24. The minimum Gasteiger partial charge on any atom is -0.308 e. The van der Waals surface area contributed by atoms with Gasteiger partial charge in [-0.15, -0.1) is 11.3 Å². The van der Waals surface area contributed by atoms with E-state index in [2.05, 4.69) is 22.2 Å². The molecule has 0 radical (unpaired) electrons. The molecule has 3 nitrogen and oxygen atoms in total. The van der Waals surface area contributed by atoms with Gasteiger partial charge in [-0.3, -0.25) is 0 Å². The Morgan fingerprint density at radius 2 is 2.33 bits per heavy atom. The molecular weight excluding hydrogens is 206 g/mol. The Morgan fingerprint density at radius 1 is 1.40 bits per heavy atom. The highest BCUT2D eigenvalue weighted by Gasteiger charge is 2.20. The van der Waals surface area contributed by atoms with Gasteiger partial charge in [-0.25, -0.2) is 9.97 Å². The highest BCUT2D eigenvalue weighted by atomic mass is 32.1. The standard InChI is InChI=1S/C11H13N3S/c1-2-3-8-10-7-4-12-5-9(7)15-11(10)14-6-13-8/h6,12H,2-5H2,1H3. The van der Waals surface area contributed by atoms with Gasteiger partial charge >= 0.3 is 0 Å². The molecule has 3 heterocycles. The van der Waals surface area contributed by atoms with Crippen molar-refractivity contribution < 1.29 is 0 Å². The molecule has 0 fully saturated rings. The minimum absolute atomic E-state index is 0.986. The third-order valence-electron chi connectivity index (χ3n) is 2.82. The smallest absolute Gasteiger partial charge is 0.127 e. The molecule has 0 aliphatic carbocycles. The summed E-state index contributed by atoms with van der Waals surface area (Å²) in [6, 6.07) is 0. The van der Waals surface area contributed by atoms with Crippen LogP contribution in [0.3, 0.4) is 0 Å². The van der Waals surface area contributed by atoms with Gasteiger partial charge in [-0.2, -0.15) is 0 Å². The molecular formula is C11H13N3S. The monoisotopic (exact) mass is 219 g/mol. The van der Waals surface area contributed by atoms with Crippen molar-refractivity contribution in [2.75, 3.05) is 0 Å². The average Bonchev–Trinajstić information content (AvgIpc) is 2.77. The van der Waals surface area contributed by atoms with Crippen molar-refractivity contribution in [1.29, 1.82) is 0 Å². The van der Waals surface area contributed by atoms with Gasteiger partial charge in [0.2, 0.25) is 0 Å². The van der Waals surface area contributed by atoms with E-state index >= 15 is 0 Å². The second kappa shape index (κ2) is 3.54. The molecule has 0 unspecified atom stereocenters. The predicted molar refractivity (Wildman–Crippen MR) is 62.0 cm³/mol. The number of nitrogens with zero attached hydrogens (tertiary/aromatic N) is 2. The number of aromatic nitrogens is 2. The zero-order valence-electron chi connectivity index (χ0n) is 8.71. The molecule has 15 heavy (non-hydrogen) atoms. The van der Waals surface area contributed by atoms with Crippen molar-refractivity contribution >= 4 is 21.6 Å². The van der Waals surface area contributed by atoms with Crippen molar-refractivity contribution in [2.45, 2.75) is 32.9 Å². The normalized spacial score (nSPS) is 14.7. The fourth-order valence-corrected chi connectivity index (χ4v) is 3.31. The lowest BCUT2D eigenvalue weighted by atomic mass is 10.1. The highest BCUT2D eigenvalue weighted by Crippen LogP contribution is 2.34. The van der Waals surface area contributed by atoms with Gasteiger partial charge in [0.05, 0.1) is 5.69 Å². The molecule has 1 aliphatic rings. The zero-order chi connectivity index (χ0) is 10.3. The van der Waals surface area contributed by atoms with E-state index in [-0.39, 0.29) is 0 Å². The van der Waals surface area contributed by atoms with Crippen LogP contribution >= 0.6 is 11.3 Å². The quantitative estimate of drug-likeness (QED) is 0.841. The Labute approximate surface area is 92.6 Å². The largest absolute Gasteiger partial charge is 0.308 e. The number of rotatable bonds is 2. The molecule has 1 N–H and O–H groups in total. The summed E-state index contributed by atoms with van der Waals surface area (Å²) in [5, 5.41) is 4.71. The SMILES string of the molecule is CCCc1ncnc2sc3c(c12)CNC3. The topological polar surface area (TPSA) is 37.8 Å². The molecule has 0 aromatic carbocycles. The maximum atomic E-state index is 4.41. The van der Waals surface area contributed by atoms with Gasteiger partial charge in [0.25, 0.3) is 0 Å². The van der Waals surface area contributed by atoms with Crippen LogP contribution in [0.1, 0.15) is 29.5 Å². The van der Waals surface area contributed by atoms with Crippen LogP contribution in [0.2, 0.25) is 0 Å². The lowest BCUT2D eigenvalue weighted by Crippen LogP contribution is -2.01. The average molecular weight is 219 g/mol. The van der Waals surface area contributed by atoms with Crippen LogP contribution in [0.4, 0.5) is 0 Å². The van der Waals surface area contributed by atoms with Crippen molar-refractivity contribution in [3.8, 4) is 0 Å². The van der Waals surface area contributed by atoms with Gasteiger partial charge in [0.15, 0.2) is 0 Å². The lowest BCUT2D eigenvalue weighted by Gasteiger charge is -2.01. The number of thiophene rings is 1. The molecule has 4 heteroatoms. The molecule has 0 bridgehead atoms. The molecule has 2 aromatic heterocycles. The van der Waals surface area contributed by atoms with Gasteiger partial charge < -0.3 is 5.32 Å². The molecule has 3 rings (SSSR count).